The summed E-state index contributed by atoms with van der Waals surface area (Å²) in [4.78, 5) is 7.36. The van der Waals surface area contributed by atoms with E-state index < -0.39 is 0 Å². The normalized spacial score (nSPS) is 11.5. The molecule has 0 aliphatic rings. The fraction of sp³-hybridized carbons (Fsp3) is 0. The van der Waals surface area contributed by atoms with Crippen molar-refractivity contribution in [3.8, 4) is 28.3 Å². The number of para-hydroxylation sites is 2. The lowest BCUT2D eigenvalue weighted by molar-refractivity contribution is 0.623. The molecule has 2 heterocycles. The maximum atomic E-state index is 6.47. The van der Waals surface area contributed by atoms with Crippen LogP contribution in [0.25, 0.3) is 71.9 Å². The van der Waals surface area contributed by atoms with E-state index in [1.54, 1.807) is 0 Å². The van der Waals surface area contributed by atoms with Crippen molar-refractivity contribution in [3.05, 3.63) is 188 Å². The maximum Gasteiger partial charge on any atom is 0.227 e. The van der Waals surface area contributed by atoms with E-state index in [-0.39, 0.29) is 0 Å². The van der Waals surface area contributed by atoms with Gasteiger partial charge in [0, 0.05) is 44.2 Å². The van der Waals surface area contributed by atoms with Gasteiger partial charge in [-0.15, -0.1) is 0 Å². The summed E-state index contributed by atoms with van der Waals surface area (Å²) in [6.07, 6.45) is 0. The highest BCUT2D eigenvalue weighted by Crippen LogP contribution is 2.43. The molecule has 2 aromatic heterocycles. The van der Waals surface area contributed by atoms with Gasteiger partial charge >= 0.3 is 0 Å². The van der Waals surface area contributed by atoms with Gasteiger partial charge < -0.3 is 13.9 Å². The van der Waals surface area contributed by atoms with Gasteiger partial charge in [-0.2, -0.15) is 0 Å². The Labute approximate surface area is 295 Å². The lowest BCUT2D eigenvalue weighted by Gasteiger charge is -2.27. The molecule has 10 aromatic rings. The minimum atomic E-state index is 0.613. The van der Waals surface area contributed by atoms with Gasteiger partial charge in [-0.3, -0.25) is 0 Å². The van der Waals surface area contributed by atoms with Crippen LogP contribution in [0.15, 0.2) is 192 Å². The second-order valence-electron chi connectivity index (χ2n) is 12.8. The standard InChI is InChI=1S/C47H31N3O/c1-3-13-32(14-4-1)33-23-25-35(26-24-33)49(36-27-29-37(30-28-36)50-43-21-11-9-17-38(43)39-18-10-12-22-44(39)50)45-31-42-46(41-20-8-7-19-40(41)45)51-47(48-42)34-15-5-2-6-16-34/h1-31H. The van der Waals surface area contributed by atoms with Crippen molar-refractivity contribution in [2.24, 2.45) is 0 Å². The fourth-order valence-corrected chi connectivity index (χ4v) is 7.44. The topological polar surface area (TPSA) is 34.2 Å². The highest BCUT2D eigenvalue weighted by molar-refractivity contribution is 6.12. The molecule has 0 spiro atoms. The van der Waals surface area contributed by atoms with Crippen LogP contribution < -0.4 is 4.90 Å². The van der Waals surface area contributed by atoms with Gasteiger partial charge in [-0.05, 0) is 77.9 Å². The molecule has 0 radical (unpaired) electrons. The van der Waals surface area contributed by atoms with Crippen molar-refractivity contribution in [1.29, 1.82) is 0 Å². The number of hydrogen-bond acceptors (Lipinski definition) is 3. The van der Waals surface area contributed by atoms with Gasteiger partial charge in [0.25, 0.3) is 0 Å². The van der Waals surface area contributed by atoms with Crippen molar-refractivity contribution in [2.75, 3.05) is 4.90 Å². The lowest BCUT2D eigenvalue weighted by atomic mass is 10.0. The van der Waals surface area contributed by atoms with Crippen molar-refractivity contribution >= 4 is 60.7 Å². The molecule has 10 rings (SSSR count). The second kappa shape index (κ2) is 11.9. The summed E-state index contributed by atoms with van der Waals surface area (Å²) in [5.74, 6) is 0.613. The summed E-state index contributed by atoms with van der Waals surface area (Å²) in [7, 11) is 0. The smallest absolute Gasteiger partial charge is 0.227 e. The molecule has 8 aromatic carbocycles. The first kappa shape index (κ1) is 29.0. The third-order valence-electron chi connectivity index (χ3n) is 9.81. The number of rotatable bonds is 6. The zero-order valence-electron chi connectivity index (χ0n) is 27.6. The predicted octanol–water partition coefficient (Wildman–Crippen LogP) is 12.9. The number of anilines is 3. The molecule has 0 unspecified atom stereocenters. The monoisotopic (exact) mass is 653 g/mol. The van der Waals surface area contributed by atoms with E-state index >= 15 is 0 Å². The summed E-state index contributed by atoms with van der Waals surface area (Å²) in [5, 5.41) is 4.60. The lowest BCUT2D eigenvalue weighted by Crippen LogP contribution is -2.11. The predicted molar refractivity (Wildman–Crippen MR) is 211 cm³/mol. The summed E-state index contributed by atoms with van der Waals surface area (Å²) in [6.45, 7) is 0. The Morgan fingerprint density at radius 1 is 0.431 bits per heavy atom. The van der Waals surface area contributed by atoms with Crippen molar-refractivity contribution < 1.29 is 4.42 Å². The Balaban J connectivity index is 1.17. The number of fused-ring (bicyclic) bond motifs is 6. The summed E-state index contributed by atoms with van der Waals surface area (Å²) in [5.41, 5.74) is 11.5. The average molecular weight is 654 g/mol. The van der Waals surface area contributed by atoms with Crippen LogP contribution in [-0.2, 0) is 0 Å². The zero-order chi connectivity index (χ0) is 33.7. The Hall–Kier alpha value is -6.91. The molecule has 4 nitrogen and oxygen atoms in total. The molecule has 0 fully saturated rings. The van der Waals surface area contributed by atoms with Crippen LogP contribution in [0.2, 0.25) is 0 Å². The third-order valence-corrected chi connectivity index (χ3v) is 9.81. The Morgan fingerprint density at radius 3 is 1.55 bits per heavy atom. The van der Waals surface area contributed by atoms with E-state index in [0.717, 1.165) is 50.2 Å². The van der Waals surface area contributed by atoms with E-state index in [1.165, 1.54) is 32.9 Å². The minimum Gasteiger partial charge on any atom is -0.435 e. The Morgan fingerprint density at radius 2 is 0.922 bits per heavy atom. The second-order valence-corrected chi connectivity index (χ2v) is 12.8. The highest BCUT2D eigenvalue weighted by atomic mass is 16.3. The van der Waals surface area contributed by atoms with E-state index in [2.05, 4.69) is 167 Å². The van der Waals surface area contributed by atoms with Gasteiger partial charge in [0.15, 0.2) is 5.58 Å². The van der Waals surface area contributed by atoms with Crippen molar-refractivity contribution in [1.82, 2.24) is 9.55 Å². The molecule has 0 aliphatic heterocycles. The SMILES string of the molecule is c1ccc(-c2ccc(N(c3ccc(-n4c5ccccc5c5ccccc54)cc3)c3cc4nc(-c5ccccc5)oc4c4ccccc34)cc2)cc1. The first-order valence-electron chi connectivity index (χ1n) is 17.2. The largest absolute Gasteiger partial charge is 0.435 e. The van der Waals surface area contributed by atoms with E-state index in [0.29, 0.717) is 5.89 Å². The zero-order valence-corrected chi connectivity index (χ0v) is 27.6. The maximum absolute atomic E-state index is 6.47. The number of oxazole rings is 1. The van der Waals surface area contributed by atoms with E-state index in [4.69, 9.17) is 9.40 Å². The van der Waals surface area contributed by atoms with Crippen LogP contribution in [-0.4, -0.2) is 9.55 Å². The minimum absolute atomic E-state index is 0.613. The molecule has 0 saturated heterocycles. The van der Waals surface area contributed by atoms with E-state index in [9.17, 15) is 0 Å². The molecule has 240 valence electrons. The van der Waals surface area contributed by atoms with Gasteiger partial charge in [-0.25, -0.2) is 4.98 Å². The molecule has 4 heteroatoms. The van der Waals surface area contributed by atoms with Crippen LogP contribution in [0.3, 0.4) is 0 Å². The molecule has 0 bridgehead atoms. The van der Waals surface area contributed by atoms with Gasteiger partial charge in [-0.1, -0.05) is 121 Å². The van der Waals surface area contributed by atoms with Crippen molar-refractivity contribution in [3.63, 3.8) is 0 Å². The number of aromatic nitrogens is 2. The van der Waals surface area contributed by atoms with Gasteiger partial charge in [0.05, 0.1) is 16.7 Å². The molecule has 0 N–H and O–H groups in total. The number of nitrogens with zero attached hydrogens (tertiary/aromatic N) is 3. The molecular weight excluding hydrogens is 623 g/mol. The number of hydrogen-bond donors (Lipinski definition) is 0. The molecule has 0 saturated carbocycles. The van der Waals surface area contributed by atoms with Crippen LogP contribution >= 0.6 is 0 Å². The van der Waals surface area contributed by atoms with Crippen LogP contribution in [0.1, 0.15) is 0 Å². The van der Waals surface area contributed by atoms with Crippen LogP contribution in [0.4, 0.5) is 17.1 Å². The average Bonchev–Trinajstić information content (AvgIpc) is 3.79. The van der Waals surface area contributed by atoms with Crippen LogP contribution in [0, 0.1) is 0 Å². The quantitative estimate of drug-likeness (QED) is 0.179. The molecule has 0 amide bonds. The third kappa shape index (κ3) is 4.88. The Bertz CT molecular complexity index is 2780. The van der Waals surface area contributed by atoms with Crippen molar-refractivity contribution in [2.45, 2.75) is 0 Å². The summed E-state index contributed by atoms with van der Waals surface area (Å²) >= 11 is 0. The van der Waals surface area contributed by atoms with Gasteiger partial charge in [0.1, 0.15) is 5.52 Å². The molecule has 0 atom stereocenters. The fourth-order valence-electron chi connectivity index (χ4n) is 7.44. The van der Waals surface area contributed by atoms with E-state index in [1.807, 2.05) is 30.3 Å². The first-order valence-corrected chi connectivity index (χ1v) is 17.2. The highest BCUT2D eigenvalue weighted by Gasteiger charge is 2.21. The van der Waals surface area contributed by atoms with Gasteiger partial charge in [0.2, 0.25) is 5.89 Å². The van der Waals surface area contributed by atoms with Crippen LogP contribution in [0.5, 0.6) is 0 Å². The first-order chi connectivity index (χ1) is 25.3. The molecule has 51 heavy (non-hydrogen) atoms. The molecule has 0 aliphatic carbocycles. The molecular formula is C47H31N3O. The summed E-state index contributed by atoms with van der Waals surface area (Å²) < 4.78 is 8.83. The number of benzene rings is 8. The summed E-state index contributed by atoms with van der Waals surface area (Å²) in [6, 6.07) is 66.2. The Kier molecular flexibility index (Phi) is 6.78.